The minimum absolute atomic E-state index is 0.234. The fourth-order valence-electron chi connectivity index (χ4n) is 3.58. The van der Waals surface area contributed by atoms with Crippen LogP contribution in [0.15, 0.2) is 42.5 Å². The lowest BCUT2D eigenvalue weighted by molar-refractivity contribution is 0.490. The largest absolute Gasteiger partial charge is 0.0642 e. The van der Waals surface area contributed by atoms with Gasteiger partial charge in [-0.15, -0.1) is 0 Å². The Bertz CT molecular complexity index is 589. The first-order chi connectivity index (χ1) is 8.73. The van der Waals surface area contributed by atoms with Gasteiger partial charge in [-0.1, -0.05) is 61.9 Å². The topological polar surface area (TPSA) is 0 Å². The lowest BCUT2D eigenvalue weighted by atomic mass is 9.73. The van der Waals surface area contributed by atoms with Crippen LogP contribution in [0.2, 0.25) is 0 Å². The van der Waals surface area contributed by atoms with E-state index in [1.165, 1.54) is 40.7 Å². The maximum atomic E-state index is 2.39. The number of aryl methyl sites for hydroxylation is 1. The molecular formula is C18H20. The Labute approximate surface area is 110 Å². The molecule has 1 aliphatic rings. The average molecular weight is 236 g/mol. The highest BCUT2D eigenvalue weighted by atomic mass is 14.4. The van der Waals surface area contributed by atoms with Gasteiger partial charge >= 0.3 is 0 Å². The lowest BCUT2D eigenvalue weighted by Crippen LogP contribution is -2.23. The van der Waals surface area contributed by atoms with E-state index in [1.54, 1.807) is 0 Å². The second-order valence-electron chi connectivity index (χ2n) is 5.38. The first kappa shape index (κ1) is 11.5. The van der Waals surface area contributed by atoms with Crippen molar-refractivity contribution in [2.24, 2.45) is 0 Å². The highest BCUT2D eigenvalue weighted by Crippen LogP contribution is 2.52. The van der Waals surface area contributed by atoms with E-state index in [2.05, 4.69) is 63.2 Å². The minimum atomic E-state index is 0.234. The molecule has 0 radical (unpaired) electrons. The van der Waals surface area contributed by atoms with Crippen molar-refractivity contribution in [3.05, 3.63) is 59.2 Å². The first-order valence-corrected chi connectivity index (χ1v) is 6.94. The van der Waals surface area contributed by atoms with E-state index in [0.717, 1.165) is 0 Å². The zero-order valence-electron chi connectivity index (χ0n) is 11.5. The average Bonchev–Trinajstić information content (AvgIpc) is 2.68. The lowest BCUT2D eigenvalue weighted by Gasteiger charge is -2.29. The van der Waals surface area contributed by atoms with E-state index in [-0.39, 0.29) is 5.41 Å². The summed E-state index contributed by atoms with van der Waals surface area (Å²) in [6, 6.07) is 15.9. The van der Waals surface area contributed by atoms with Gasteiger partial charge in [-0.3, -0.25) is 0 Å². The molecule has 0 unspecified atom stereocenters. The van der Waals surface area contributed by atoms with Crippen LogP contribution in [0.4, 0.5) is 0 Å². The Balaban J connectivity index is 2.38. The maximum Gasteiger partial charge on any atom is 0.0210 e. The molecule has 0 fully saturated rings. The monoisotopic (exact) mass is 236 g/mol. The molecule has 0 saturated heterocycles. The van der Waals surface area contributed by atoms with Crippen LogP contribution < -0.4 is 0 Å². The summed E-state index contributed by atoms with van der Waals surface area (Å²) >= 11 is 0. The Hall–Kier alpha value is -1.56. The van der Waals surface area contributed by atoms with Crippen molar-refractivity contribution in [1.29, 1.82) is 0 Å². The number of benzene rings is 2. The Kier molecular flexibility index (Phi) is 2.55. The van der Waals surface area contributed by atoms with Crippen LogP contribution in [0.3, 0.4) is 0 Å². The van der Waals surface area contributed by atoms with Crippen molar-refractivity contribution in [3.8, 4) is 11.1 Å². The summed E-state index contributed by atoms with van der Waals surface area (Å²) in [4.78, 5) is 0. The highest BCUT2D eigenvalue weighted by molar-refractivity contribution is 5.81. The van der Waals surface area contributed by atoms with Crippen LogP contribution in [-0.4, -0.2) is 0 Å². The molecule has 0 saturated carbocycles. The molecule has 2 aromatic carbocycles. The van der Waals surface area contributed by atoms with Crippen molar-refractivity contribution in [2.45, 2.75) is 39.0 Å². The molecule has 0 aliphatic heterocycles. The van der Waals surface area contributed by atoms with Gasteiger partial charge in [0.15, 0.2) is 0 Å². The third-order valence-electron chi connectivity index (χ3n) is 4.63. The van der Waals surface area contributed by atoms with Gasteiger partial charge in [-0.05, 0) is 42.0 Å². The van der Waals surface area contributed by atoms with Gasteiger partial charge in [0.2, 0.25) is 0 Å². The van der Waals surface area contributed by atoms with Crippen LogP contribution in [0.1, 0.15) is 43.4 Å². The van der Waals surface area contributed by atoms with E-state index in [4.69, 9.17) is 0 Å². The predicted octanol–water partition coefficient (Wildman–Crippen LogP) is 5.08. The standard InChI is InChI=1S/C18H20/c1-4-18(5-2)16-9-7-6-8-14(16)15-11-10-13(3)12-17(15)18/h6-12H,4-5H2,1-3H3. The summed E-state index contributed by atoms with van der Waals surface area (Å²) in [5, 5.41) is 0. The van der Waals surface area contributed by atoms with Gasteiger partial charge in [-0.25, -0.2) is 0 Å². The molecule has 0 aromatic heterocycles. The van der Waals surface area contributed by atoms with Crippen LogP contribution >= 0.6 is 0 Å². The van der Waals surface area contributed by atoms with Crippen molar-refractivity contribution in [3.63, 3.8) is 0 Å². The molecule has 0 nitrogen and oxygen atoms in total. The van der Waals surface area contributed by atoms with Gasteiger partial charge in [-0.2, -0.15) is 0 Å². The molecule has 92 valence electrons. The number of rotatable bonds is 2. The second-order valence-corrected chi connectivity index (χ2v) is 5.38. The first-order valence-electron chi connectivity index (χ1n) is 6.94. The van der Waals surface area contributed by atoms with Crippen LogP contribution in [0.5, 0.6) is 0 Å². The van der Waals surface area contributed by atoms with Gasteiger partial charge in [0, 0.05) is 5.41 Å². The zero-order chi connectivity index (χ0) is 12.8. The molecule has 18 heavy (non-hydrogen) atoms. The van der Waals surface area contributed by atoms with Crippen molar-refractivity contribution in [2.75, 3.05) is 0 Å². The summed E-state index contributed by atoms with van der Waals surface area (Å²) in [5.74, 6) is 0. The van der Waals surface area contributed by atoms with Crippen molar-refractivity contribution < 1.29 is 0 Å². The second kappa shape index (κ2) is 3.98. The normalized spacial score (nSPS) is 15.3. The SMILES string of the molecule is CCC1(CC)c2ccccc2-c2ccc(C)cc21. The molecule has 0 spiro atoms. The van der Waals surface area contributed by atoms with E-state index >= 15 is 0 Å². The molecule has 0 N–H and O–H groups in total. The van der Waals surface area contributed by atoms with Gasteiger partial charge < -0.3 is 0 Å². The van der Waals surface area contributed by atoms with Gasteiger partial charge in [0.05, 0.1) is 0 Å². The predicted molar refractivity (Wildman–Crippen MR) is 78.0 cm³/mol. The summed E-state index contributed by atoms with van der Waals surface area (Å²) < 4.78 is 0. The molecule has 0 heteroatoms. The number of fused-ring (bicyclic) bond motifs is 3. The van der Waals surface area contributed by atoms with E-state index in [9.17, 15) is 0 Å². The molecular weight excluding hydrogens is 216 g/mol. The quantitative estimate of drug-likeness (QED) is 0.682. The molecule has 1 aliphatic carbocycles. The van der Waals surface area contributed by atoms with Gasteiger partial charge in [0.25, 0.3) is 0 Å². The third kappa shape index (κ3) is 1.32. The smallest absolute Gasteiger partial charge is 0.0210 e. The fraction of sp³-hybridized carbons (Fsp3) is 0.333. The molecule has 0 atom stereocenters. The van der Waals surface area contributed by atoms with Crippen LogP contribution in [0.25, 0.3) is 11.1 Å². The summed E-state index contributed by atoms with van der Waals surface area (Å²) in [5.41, 5.74) is 7.55. The summed E-state index contributed by atoms with van der Waals surface area (Å²) in [7, 11) is 0. The third-order valence-corrected chi connectivity index (χ3v) is 4.63. The Morgan fingerprint density at radius 1 is 0.833 bits per heavy atom. The van der Waals surface area contributed by atoms with Gasteiger partial charge in [0.1, 0.15) is 0 Å². The van der Waals surface area contributed by atoms with Crippen LogP contribution in [-0.2, 0) is 5.41 Å². The van der Waals surface area contributed by atoms with Crippen molar-refractivity contribution >= 4 is 0 Å². The van der Waals surface area contributed by atoms with Crippen LogP contribution in [0, 0.1) is 6.92 Å². The zero-order valence-corrected chi connectivity index (χ0v) is 11.5. The highest BCUT2D eigenvalue weighted by Gasteiger charge is 2.39. The number of hydrogen-bond donors (Lipinski definition) is 0. The maximum absolute atomic E-state index is 2.39. The van der Waals surface area contributed by atoms with Crippen molar-refractivity contribution in [1.82, 2.24) is 0 Å². The van der Waals surface area contributed by atoms with E-state index in [0.29, 0.717) is 0 Å². The molecule has 0 heterocycles. The number of hydrogen-bond acceptors (Lipinski definition) is 0. The van der Waals surface area contributed by atoms with E-state index in [1.807, 2.05) is 0 Å². The summed E-state index contributed by atoms with van der Waals surface area (Å²) in [6.45, 7) is 6.83. The fourth-order valence-corrected chi connectivity index (χ4v) is 3.58. The minimum Gasteiger partial charge on any atom is -0.0642 e. The molecule has 0 bridgehead atoms. The molecule has 0 amide bonds. The molecule has 2 aromatic rings. The Morgan fingerprint density at radius 2 is 1.50 bits per heavy atom. The summed E-state index contributed by atoms with van der Waals surface area (Å²) in [6.07, 6.45) is 2.36. The Morgan fingerprint density at radius 3 is 2.22 bits per heavy atom. The van der Waals surface area contributed by atoms with E-state index < -0.39 is 0 Å². The molecule has 3 rings (SSSR count).